The van der Waals surface area contributed by atoms with Crippen molar-refractivity contribution in [1.82, 2.24) is 10.3 Å². The van der Waals surface area contributed by atoms with E-state index in [-0.39, 0.29) is 0 Å². The van der Waals surface area contributed by atoms with Gasteiger partial charge in [0.2, 0.25) is 0 Å². The molecule has 1 N–H and O–H groups in total. The second kappa shape index (κ2) is 5.11. The first-order valence-corrected chi connectivity index (χ1v) is 5.89. The summed E-state index contributed by atoms with van der Waals surface area (Å²) in [5.41, 5.74) is 6.26. The minimum atomic E-state index is 0.795. The molecule has 1 aromatic heterocycles. The summed E-state index contributed by atoms with van der Waals surface area (Å²) in [6.07, 6.45) is 1.85. The van der Waals surface area contributed by atoms with Crippen LogP contribution >= 0.6 is 0 Å². The predicted molar refractivity (Wildman–Crippen MR) is 71.9 cm³/mol. The van der Waals surface area contributed by atoms with Gasteiger partial charge < -0.3 is 5.32 Å². The van der Waals surface area contributed by atoms with E-state index in [1.165, 1.54) is 22.3 Å². The Bertz CT molecular complexity index is 518. The van der Waals surface area contributed by atoms with Crippen LogP contribution in [-0.4, -0.2) is 12.0 Å². The number of benzene rings is 1. The highest BCUT2D eigenvalue weighted by Gasteiger charge is 2.08. The lowest BCUT2D eigenvalue weighted by Gasteiger charge is -2.12. The number of rotatable bonds is 3. The van der Waals surface area contributed by atoms with E-state index in [2.05, 4.69) is 48.4 Å². The highest BCUT2D eigenvalue weighted by atomic mass is 14.8. The molecular weight excluding hydrogens is 208 g/mol. The van der Waals surface area contributed by atoms with Gasteiger partial charge in [-0.25, -0.2) is 0 Å². The van der Waals surface area contributed by atoms with Gasteiger partial charge in [0.15, 0.2) is 0 Å². The summed E-state index contributed by atoms with van der Waals surface area (Å²) in [5, 5.41) is 3.17. The Kier molecular flexibility index (Phi) is 3.55. The van der Waals surface area contributed by atoms with Gasteiger partial charge in [-0.2, -0.15) is 0 Å². The van der Waals surface area contributed by atoms with Crippen LogP contribution in [0, 0.1) is 13.8 Å². The lowest BCUT2D eigenvalue weighted by molar-refractivity contribution is 0.793. The van der Waals surface area contributed by atoms with Gasteiger partial charge in [-0.05, 0) is 43.7 Å². The maximum Gasteiger partial charge on any atom is 0.0619 e. The average molecular weight is 226 g/mol. The Balaban J connectivity index is 2.56. The lowest BCUT2D eigenvalue weighted by atomic mass is 9.96. The molecule has 17 heavy (non-hydrogen) atoms. The maximum atomic E-state index is 4.45. The molecule has 0 fully saturated rings. The van der Waals surface area contributed by atoms with E-state index in [0.29, 0.717) is 0 Å². The fraction of sp³-hybridized carbons (Fsp3) is 0.267. The van der Waals surface area contributed by atoms with Gasteiger partial charge in [-0.1, -0.05) is 24.3 Å². The van der Waals surface area contributed by atoms with Crippen molar-refractivity contribution in [2.24, 2.45) is 0 Å². The van der Waals surface area contributed by atoms with Crippen LogP contribution in [0.15, 0.2) is 36.5 Å². The third-order valence-electron chi connectivity index (χ3n) is 3.13. The minimum absolute atomic E-state index is 0.795. The Morgan fingerprint density at radius 2 is 1.82 bits per heavy atom. The highest BCUT2D eigenvalue weighted by molar-refractivity contribution is 5.70. The molecule has 0 spiro atoms. The predicted octanol–water partition coefficient (Wildman–Crippen LogP) is 3.08. The second-order valence-corrected chi connectivity index (χ2v) is 4.28. The SMILES string of the molecule is CNCc1ncccc1-c1cccc(C)c1C. The zero-order valence-corrected chi connectivity index (χ0v) is 10.6. The Morgan fingerprint density at radius 1 is 1.06 bits per heavy atom. The van der Waals surface area contributed by atoms with Crippen LogP contribution in [0.4, 0.5) is 0 Å². The summed E-state index contributed by atoms with van der Waals surface area (Å²) in [6, 6.07) is 10.6. The molecule has 0 aliphatic rings. The molecule has 0 aliphatic heterocycles. The number of hydrogen-bond acceptors (Lipinski definition) is 2. The molecule has 0 atom stereocenters. The minimum Gasteiger partial charge on any atom is -0.314 e. The molecule has 0 saturated heterocycles. The van der Waals surface area contributed by atoms with E-state index in [1.807, 2.05) is 19.3 Å². The molecule has 0 saturated carbocycles. The monoisotopic (exact) mass is 226 g/mol. The standard InChI is InChI=1S/C15H18N2/c1-11-6-4-7-13(12(11)2)14-8-5-9-17-15(14)10-16-3/h4-9,16H,10H2,1-3H3. The van der Waals surface area contributed by atoms with Crippen molar-refractivity contribution < 1.29 is 0 Å². The molecule has 0 radical (unpaired) electrons. The summed E-state index contributed by atoms with van der Waals surface area (Å²) in [6.45, 7) is 5.11. The normalized spacial score (nSPS) is 10.5. The van der Waals surface area contributed by atoms with Crippen LogP contribution in [0.25, 0.3) is 11.1 Å². The molecular formula is C15H18N2. The molecule has 1 aromatic carbocycles. The summed E-state index contributed by atoms with van der Waals surface area (Å²) in [5.74, 6) is 0. The van der Waals surface area contributed by atoms with Crippen molar-refractivity contribution in [3.63, 3.8) is 0 Å². The Labute approximate surface area is 103 Å². The average Bonchev–Trinajstić information content (AvgIpc) is 2.34. The molecule has 88 valence electrons. The molecule has 2 heteroatoms. The van der Waals surface area contributed by atoms with Gasteiger partial charge in [0.25, 0.3) is 0 Å². The van der Waals surface area contributed by atoms with Crippen LogP contribution in [-0.2, 0) is 6.54 Å². The van der Waals surface area contributed by atoms with Crippen LogP contribution in [0.2, 0.25) is 0 Å². The van der Waals surface area contributed by atoms with Crippen molar-refractivity contribution in [1.29, 1.82) is 0 Å². The van der Waals surface area contributed by atoms with E-state index < -0.39 is 0 Å². The summed E-state index contributed by atoms with van der Waals surface area (Å²) in [7, 11) is 1.95. The number of aromatic nitrogens is 1. The first-order chi connectivity index (χ1) is 8.24. The van der Waals surface area contributed by atoms with E-state index in [4.69, 9.17) is 0 Å². The number of hydrogen-bond donors (Lipinski definition) is 1. The van der Waals surface area contributed by atoms with E-state index >= 15 is 0 Å². The molecule has 2 aromatic rings. The number of nitrogens with one attached hydrogen (secondary N) is 1. The Morgan fingerprint density at radius 3 is 2.59 bits per heavy atom. The smallest absolute Gasteiger partial charge is 0.0619 e. The van der Waals surface area contributed by atoms with Gasteiger partial charge in [-0.3, -0.25) is 4.98 Å². The molecule has 0 aliphatic carbocycles. The fourth-order valence-electron chi connectivity index (χ4n) is 2.03. The fourth-order valence-corrected chi connectivity index (χ4v) is 2.03. The van der Waals surface area contributed by atoms with Crippen molar-refractivity contribution in [2.75, 3.05) is 7.05 Å². The zero-order valence-electron chi connectivity index (χ0n) is 10.6. The molecule has 0 bridgehead atoms. The van der Waals surface area contributed by atoms with E-state index in [1.54, 1.807) is 0 Å². The third-order valence-corrected chi connectivity index (χ3v) is 3.13. The van der Waals surface area contributed by atoms with Gasteiger partial charge in [0.05, 0.1) is 5.69 Å². The quantitative estimate of drug-likeness (QED) is 0.870. The Hall–Kier alpha value is -1.67. The van der Waals surface area contributed by atoms with Crippen molar-refractivity contribution >= 4 is 0 Å². The van der Waals surface area contributed by atoms with E-state index in [0.717, 1.165) is 12.2 Å². The van der Waals surface area contributed by atoms with Gasteiger partial charge in [0, 0.05) is 18.3 Å². The molecule has 2 rings (SSSR count). The molecule has 0 unspecified atom stereocenters. The maximum absolute atomic E-state index is 4.45. The summed E-state index contributed by atoms with van der Waals surface area (Å²) in [4.78, 5) is 4.45. The molecule has 0 amide bonds. The number of pyridine rings is 1. The van der Waals surface area contributed by atoms with Crippen LogP contribution in [0.3, 0.4) is 0 Å². The third kappa shape index (κ3) is 2.37. The number of aryl methyl sites for hydroxylation is 1. The number of nitrogens with zero attached hydrogens (tertiary/aromatic N) is 1. The largest absolute Gasteiger partial charge is 0.314 e. The summed E-state index contributed by atoms with van der Waals surface area (Å²) < 4.78 is 0. The van der Waals surface area contributed by atoms with Crippen molar-refractivity contribution in [3.8, 4) is 11.1 Å². The van der Waals surface area contributed by atoms with Gasteiger partial charge in [-0.15, -0.1) is 0 Å². The van der Waals surface area contributed by atoms with Gasteiger partial charge >= 0.3 is 0 Å². The van der Waals surface area contributed by atoms with Crippen LogP contribution in [0.1, 0.15) is 16.8 Å². The van der Waals surface area contributed by atoms with Crippen molar-refractivity contribution in [3.05, 3.63) is 53.3 Å². The molecule has 1 heterocycles. The topological polar surface area (TPSA) is 24.9 Å². The zero-order chi connectivity index (χ0) is 12.3. The second-order valence-electron chi connectivity index (χ2n) is 4.28. The van der Waals surface area contributed by atoms with Gasteiger partial charge in [0.1, 0.15) is 0 Å². The van der Waals surface area contributed by atoms with Crippen molar-refractivity contribution in [2.45, 2.75) is 20.4 Å². The first kappa shape index (κ1) is 11.8. The molecule has 2 nitrogen and oxygen atoms in total. The van der Waals surface area contributed by atoms with Crippen LogP contribution < -0.4 is 5.32 Å². The summed E-state index contributed by atoms with van der Waals surface area (Å²) >= 11 is 0. The first-order valence-electron chi connectivity index (χ1n) is 5.89. The van der Waals surface area contributed by atoms with E-state index in [9.17, 15) is 0 Å². The highest BCUT2D eigenvalue weighted by Crippen LogP contribution is 2.27. The lowest BCUT2D eigenvalue weighted by Crippen LogP contribution is -2.08. The van der Waals surface area contributed by atoms with Crippen LogP contribution in [0.5, 0.6) is 0 Å².